The average molecular weight is 292 g/mol. The van der Waals surface area contributed by atoms with Gasteiger partial charge in [0.25, 0.3) is 0 Å². The third-order valence-electron chi connectivity index (χ3n) is 2.33. The minimum absolute atomic E-state index is 0.515. The van der Waals surface area contributed by atoms with Gasteiger partial charge >= 0.3 is 0 Å². The van der Waals surface area contributed by atoms with Gasteiger partial charge in [0.15, 0.2) is 0 Å². The lowest BCUT2D eigenvalue weighted by molar-refractivity contribution is 0.532. The minimum Gasteiger partial charge on any atom is -0.301 e. The van der Waals surface area contributed by atoms with Gasteiger partial charge in [-0.15, -0.1) is 23.1 Å². The van der Waals surface area contributed by atoms with Crippen LogP contribution in [-0.2, 0) is 0 Å². The molecule has 0 radical (unpaired) electrons. The number of rotatable bonds is 1. The molecule has 0 amide bonds. The molecule has 78 valence electrons. The van der Waals surface area contributed by atoms with Crippen molar-refractivity contribution in [3.05, 3.63) is 20.3 Å². The molecule has 1 aromatic rings. The zero-order valence-corrected chi connectivity index (χ0v) is 11.6. The summed E-state index contributed by atoms with van der Waals surface area (Å²) in [4.78, 5) is 2.83. The van der Waals surface area contributed by atoms with E-state index in [0.717, 1.165) is 12.5 Å². The lowest BCUT2D eigenvalue weighted by Gasteiger charge is -2.26. The summed E-state index contributed by atoms with van der Waals surface area (Å²) in [5, 5.41) is 4.09. The number of thiophene rings is 1. The maximum Gasteiger partial charge on any atom is 0.0883 e. The first-order chi connectivity index (χ1) is 6.66. The summed E-state index contributed by atoms with van der Waals surface area (Å²) in [6.45, 7) is 5.60. The summed E-state index contributed by atoms with van der Waals surface area (Å²) < 4.78 is 1.25. The van der Waals surface area contributed by atoms with Crippen LogP contribution in [0.4, 0.5) is 0 Å². The number of hydrogen-bond donors (Lipinski definition) is 1. The van der Waals surface area contributed by atoms with Crippen LogP contribution in [0.1, 0.15) is 22.1 Å². The Kier molecular flexibility index (Phi) is 3.58. The van der Waals surface area contributed by atoms with Crippen molar-refractivity contribution >= 4 is 39.0 Å². The molecule has 1 aliphatic rings. The number of nitrogens with one attached hydrogen (secondary N) is 1. The maximum absolute atomic E-state index is 3.58. The molecule has 1 saturated heterocycles. The quantitative estimate of drug-likeness (QED) is 0.845. The summed E-state index contributed by atoms with van der Waals surface area (Å²) in [6, 6.07) is 2.25. The Morgan fingerprint density at radius 1 is 1.57 bits per heavy atom. The lowest BCUT2D eigenvalue weighted by Crippen LogP contribution is -2.30. The molecule has 14 heavy (non-hydrogen) atoms. The van der Waals surface area contributed by atoms with E-state index in [1.165, 1.54) is 20.0 Å². The number of halogens is 1. The lowest BCUT2D eigenvalue weighted by atomic mass is 10.2. The van der Waals surface area contributed by atoms with Crippen LogP contribution >= 0.6 is 39.0 Å². The van der Waals surface area contributed by atoms with Gasteiger partial charge in [0.1, 0.15) is 0 Å². The molecule has 1 fully saturated rings. The third-order valence-corrected chi connectivity index (χ3v) is 6.20. The van der Waals surface area contributed by atoms with Crippen molar-refractivity contribution in [2.75, 3.05) is 12.3 Å². The second kappa shape index (κ2) is 4.56. The molecule has 0 aliphatic carbocycles. The van der Waals surface area contributed by atoms with Crippen molar-refractivity contribution in [3.63, 3.8) is 0 Å². The van der Waals surface area contributed by atoms with Crippen LogP contribution in [-0.4, -0.2) is 12.3 Å². The summed E-state index contributed by atoms with van der Waals surface area (Å²) in [5.41, 5.74) is 0. The molecule has 0 saturated carbocycles. The molecule has 0 bridgehead atoms. The predicted octanol–water partition coefficient (Wildman–Crippen LogP) is 3.79. The predicted molar refractivity (Wildman–Crippen MR) is 69.1 cm³/mol. The smallest absolute Gasteiger partial charge is 0.0883 e. The van der Waals surface area contributed by atoms with Crippen LogP contribution in [0.25, 0.3) is 0 Å². The molecular formula is C10H14BrNS2. The van der Waals surface area contributed by atoms with E-state index in [0.29, 0.717) is 5.37 Å². The Balaban J connectivity index is 2.08. The maximum atomic E-state index is 3.58. The third kappa shape index (κ3) is 2.35. The van der Waals surface area contributed by atoms with Gasteiger partial charge in [-0.25, -0.2) is 0 Å². The van der Waals surface area contributed by atoms with Gasteiger partial charge in [-0.2, -0.15) is 0 Å². The van der Waals surface area contributed by atoms with Crippen molar-refractivity contribution in [2.45, 2.75) is 19.2 Å². The van der Waals surface area contributed by atoms with Crippen LogP contribution in [0, 0.1) is 12.8 Å². The fourth-order valence-electron chi connectivity index (χ4n) is 1.48. The van der Waals surface area contributed by atoms with Crippen molar-refractivity contribution < 1.29 is 0 Å². The summed E-state index contributed by atoms with van der Waals surface area (Å²) in [7, 11) is 0. The summed E-state index contributed by atoms with van der Waals surface area (Å²) in [5.74, 6) is 2.08. The van der Waals surface area contributed by atoms with E-state index >= 15 is 0 Å². The highest BCUT2D eigenvalue weighted by molar-refractivity contribution is 9.10. The van der Waals surface area contributed by atoms with Gasteiger partial charge in [-0.05, 0) is 47.1 Å². The van der Waals surface area contributed by atoms with Crippen LogP contribution in [0.3, 0.4) is 0 Å². The molecule has 4 heteroatoms. The van der Waals surface area contributed by atoms with Gasteiger partial charge in [0.2, 0.25) is 0 Å². The first-order valence-electron chi connectivity index (χ1n) is 4.77. The molecule has 0 spiro atoms. The normalized spacial score (nSPS) is 27.9. The van der Waals surface area contributed by atoms with E-state index in [1.807, 2.05) is 23.1 Å². The van der Waals surface area contributed by atoms with Gasteiger partial charge in [0.05, 0.1) is 5.37 Å². The van der Waals surface area contributed by atoms with Gasteiger partial charge in [-0.1, -0.05) is 6.92 Å². The average Bonchev–Trinajstić information content (AvgIpc) is 2.48. The molecule has 1 nitrogen and oxygen atoms in total. The topological polar surface area (TPSA) is 12.0 Å². The molecule has 2 heterocycles. The van der Waals surface area contributed by atoms with Crippen LogP contribution < -0.4 is 5.32 Å². The molecule has 1 N–H and O–H groups in total. The fourth-order valence-corrected chi connectivity index (χ4v) is 4.43. The highest BCUT2D eigenvalue weighted by atomic mass is 79.9. The Morgan fingerprint density at radius 3 is 2.86 bits per heavy atom. The van der Waals surface area contributed by atoms with Gasteiger partial charge in [-0.3, -0.25) is 0 Å². The Hall–Kier alpha value is 0.490. The van der Waals surface area contributed by atoms with Crippen LogP contribution in [0.2, 0.25) is 0 Å². The SMILES string of the molecule is Cc1sc(C2NCC(C)CS2)cc1Br. The second-order valence-electron chi connectivity index (χ2n) is 3.78. The van der Waals surface area contributed by atoms with E-state index < -0.39 is 0 Å². The van der Waals surface area contributed by atoms with E-state index in [1.54, 1.807) is 0 Å². The summed E-state index contributed by atoms with van der Waals surface area (Å²) in [6.07, 6.45) is 0. The molecule has 1 aromatic heterocycles. The molecule has 2 unspecified atom stereocenters. The fraction of sp³-hybridized carbons (Fsp3) is 0.600. The first-order valence-corrected chi connectivity index (χ1v) is 7.43. The van der Waals surface area contributed by atoms with Crippen molar-refractivity contribution in [3.8, 4) is 0 Å². The Labute approximate surface area is 102 Å². The standard InChI is InChI=1S/C10H14BrNS2/c1-6-4-12-10(13-5-6)9-3-8(11)7(2)14-9/h3,6,10,12H,4-5H2,1-2H3. The number of thioether (sulfide) groups is 1. The Morgan fingerprint density at radius 2 is 2.36 bits per heavy atom. The number of hydrogen-bond acceptors (Lipinski definition) is 3. The highest BCUT2D eigenvalue weighted by Gasteiger charge is 2.21. The van der Waals surface area contributed by atoms with Crippen molar-refractivity contribution in [2.24, 2.45) is 5.92 Å². The summed E-state index contributed by atoms with van der Waals surface area (Å²) >= 11 is 7.48. The van der Waals surface area contributed by atoms with Gasteiger partial charge in [0, 0.05) is 14.2 Å². The largest absolute Gasteiger partial charge is 0.301 e. The molecular weight excluding hydrogens is 278 g/mol. The molecule has 2 atom stereocenters. The van der Waals surface area contributed by atoms with E-state index in [4.69, 9.17) is 0 Å². The second-order valence-corrected chi connectivity index (χ2v) is 7.06. The van der Waals surface area contributed by atoms with E-state index in [9.17, 15) is 0 Å². The highest BCUT2D eigenvalue weighted by Crippen LogP contribution is 2.38. The monoisotopic (exact) mass is 291 g/mol. The number of aryl methyl sites for hydroxylation is 1. The van der Waals surface area contributed by atoms with E-state index in [-0.39, 0.29) is 0 Å². The zero-order chi connectivity index (χ0) is 10.1. The molecule has 2 rings (SSSR count). The van der Waals surface area contributed by atoms with Gasteiger partial charge < -0.3 is 5.32 Å². The molecule has 0 aromatic carbocycles. The Bertz CT molecular complexity index is 296. The van der Waals surface area contributed by atoms with Crippen molar-refractivity contribution in [1.29, 1.82) is 0 Å². The first kappa shape index (κ1) is 11.0. The minimum atomic E-state index is 0.515. The van der Waals surface area contributed by atoms with Crippen LogP contribution in [0.5, 0.6) is 0 Å². The van der Waals surface area contributed by atoms with Crippen molar-refractivity contribution in [1.82, 2.24) is 5.32 Å². The zero-order valence-electron chi connectivity index (χ0n) is 8.34. The molecule has 1 aliphatic heterocycles. The van der Waals surface area contributed by atoms with Crippen LogP contribution in [0.15, 0.2) is 10.5 Å². The van der Waals surface area contributed by atoms with E-state index in [2.05, 4.69) is 41.2 Å².